The van der Waals surface area contributed by atoms with Gasteiger partial charge in [-0.1, -0.05) is 0 Å². The number of hydrogen-bond acceptors (Lipinski definition) is 5. The lowest BCUT2D eigenvalue weighted by molar-refractivity contribution is 0.0527. The van der Waals surface area contributed by atoms with E-state index in [1.165, 1.54) is 6.20 Å². The number of hydrogen-bond donors (Lipinski definition) is 1. The van der Waals surface area contributed by atoms with Gasteiger partial charge in [-0.3, -0.25) is 15.1 Å². The maximum absolute atomic E-state index is 12.2. The monoisotopic (exact) mass is 346 g/mol. The van der Waals surface area contributed by atoms with Crippen LogP contribution in [0.25, 0.3) is 22.2 Å². The van der Waals surface area contributed by atoms with Crippen LogP contribution in [0.4, 0.5) is 0 Å². The van der Waals surface area contributed by atoms with Crippen LogP contribution in [0.1, 0.15) is 17.3 Å². The zero-order valence-corrected chi connectivity index (χ0v) is 12.7. The number of carbonyl (C=O) groups is 1. The number of pyridine rings is 2. The number of carbonyl (C=O) groups excluding carboxylic acids is 1. The smallest absolute Gasteiger partial charge is 0.340 e. The van der Waals surface area contributed by atoms with Crippen molar-refractivity contribution in [3.63, 3.8) is 0 Å². The van der Waals surface area contributed by atoms with Crippen LogP contribution in [0.2, 0.25) is 0 Å². The van der Waals surface area contributed by atoms with E-state index in [-0.39, 0.29) is 0 Å². The molecule has 0 bridgehead atoms. The Labute approximate surface area is 128 Å². The molecule has 7 heteroatoms. The summed E-state index contributed by atoms with van der Waals surface area (Å²) < 4.78 is 5.86. The van der Waals surface area contributed by atoms with Crippen LogP contribution in [0.3, 0.4) is 0 Å². The summed E-state index contributed by atoms with van der Waals surface area (Å²) in [6, 6.07) is 1.79. The van der Waals surface area contributed by atoms with Crippen molar-refractivity contribution in [3.05, 3.63) is 40.9 Å². The number of halogens is 1. The third kappa shape index (κ3) is 2.40. The van der Waals surface area contributed by atoms with Gasteiger partial charge in [-0.15, -0.1) is 0 Å². The maximum Gasteiger partial charge on any atom is 0.340 e. The molecule has 3 aromatic rings. The van der Waals surface area contributed by atoms with Crippen molar-refractivity contribution in [2.75, 3.05) is 6.61 Å². The highest BCUT2D eigenvalue weighted by Crippen LogP contribution is 2.32. The van der Waals surface area contributed by atoms with Gasteiger partial charge in [0.05, 0.1) is 27.9 Å². The maximum atomic E-state index is 12.2. The highest BCUT2D eigenvalue weighted by molar-refractivity contribution is 9.10. The summed E-state index contributed by atoms with van der Waals surface area (Å²) in [7, 11) is 0. The highest BCUT2D eigenvalue weighted by Gasteiger charge is 2.19. The molecular formula is C14H11BrN4O2. The Bertz CT molecular complexity index is 802. The molecule has 6 nitrogen and oxygen atoms in total. The predicted molar refractivity (Wildman–Crippen MR) is 80.8 cm³/mol. The third-order valence-corrected chi connectivity index (χ3v) is 3.58. The molecule has 0 aliphatic rings. The summed E-state index contributed by atoms with van der Waals surface area (Å²) in [6.07, 6.45) is 6.48. The van der Waals surface area contributed by atoms with Gasteiger partial charge >= 0.3 is 5.97 Å². The molecule has 0 aliphatic carbocycles. The molecule has 21 heavy (non-hydrogen) atoms. The summed E-state index contributed by atoms with van der Waals surface area (Å²) in [4.78, 5) is 20.6. The van der Waals surface area contributed by atoms with E-state index in [0.29, 0.717) is 23.4 Å². The van der Waals surface area contributed by atoms with Crippen LogP contribution in [0, 0.1) is 0 Å². The molecule has 3 rings (SSSR count). The first-order valence-electron chi connectivity index (χ1n) is 6.31. The first-order chi connectivity index (χ1) is 10.2. The summed E-state index contributed by atoms with van der Waals surface area (Å²) >= 11 is 3.42. The Morgan fingerprint density at radius 2 is 2.24 bits per heavy atom. The van der Waals surface area contributed by atoms with Crippen LogP contribution in [-0.2, 0) is 4.74 Å². The SMILES string of the molecule is CCOC(=O)c1cnc2c(Br)cncc2c1-c1ccn[nH]1. The summed E-state index contributed by atoms with van der Waals surface area (Å²) in [5.74, 6) is -0.420. The van der Waals surface area contributed by atoms with Gasteiger partial charge in [0, 0.05) is 35.7 Å². The molecule has 0 aromatic carbocycles. The first-order valence-corrected chi connectivity index (χ1v) is 7.10. The van der Waals surface area contributed by atoms with Crippen molar-refractivity contribution >= 4 is 32.8 Å². The fourth-order valence-electron chi connectivity index (χ4n) is 2.13. The van der Waals surface area contributed by atoms with E-state index < -0.39 is 5.97 Å². The molecule has 0 fully saturated rings. The number of nitrogens with one attached hydrogen (secondary N) is 1. The standard InChI is InChI=1S/C14H11BrN4O2/c1-2-21-14(20)9-6-17-13-8(5-16-7-10(13)15)12(9)11-3-4-18-19-11/h3-7H,2H2,1H3,(H,18,19). The Hall–Kier alpha value is -2.28. The van der Waals surface area contributed by atoms with Crippen molar-refractivity contribution in [1.29, 1.82) is 0 Å². The lowest BCUT2D eigenvalue weighted by Crippen LogP contribution is -2.08. The second-order valence-corrected chi connectivity index (χ2v) is 5.11. The minimum Gasteiger partial charge on any atom is -0.462 e. The third-order valence-electron chi connectivity index (χ3n) is 3.00. The number of H-pyrrole nitrogens is 1. The largest absolute Gasteiger partial charge is 0.462 e. The van der Waals surface area contributed by atoms with Gasteiger partial charge in [0.1, 0.15) is 0 Å². The molecule has 3 aromatic heterocycles. The van der Waals surface area contributed by atoms with E-state index in [2.05, 4.69) is 36.1 Å². The molecule has 1 N–H and O–H groups in total. The van der Waals surface area contributed by atoms with E-state index in [1.54, 1.807) is 31.6 Å². The van der Waals surface area contributed by atoms with Gasteiger partial charge in [0.25, 0.3) is 0 Å². The van der Waals surface area contributed by atoms with E-state index in [0.717, 1.165) is 15.4 Å². The Morgan fingerprint density at radius 1 is 1.38 bits per heavy atom. The number of rotatable bonds is 3. The average Bonchev–Trinajstić information content (AvgIpc) is 3.00. The van der Waals surface area contributed by atoms with E-state index in [1.807, 2.05) is 0 Å². The predicted octanol–water partition coefficient (Wildman–Crippen LogP) is 2.96. The van der Waals surface area contributed by atoms with Crippen LogP contribution < -0.4 is 0 Å². The molecular weight excluding hydrogens is 336 g/mol. The summed E-state index contributed by atoms with van der Waals surface area (Å²) in [5, 5.41) is 7.57. The Morgan fingerprint density at radius 3 is 2.95 bits per heavy atom. The number of nitrogens with zero attached hydrogens (tertiary/aromatic N) is 3. The molecule has 106 valence electrons. The molecule has 0 atom stereocenters. The summed E-state index contributed by atoms with van der Waals surface area (Å²) in [6.45, 7) is 2.07. The molecule has 0 saturated carbocycles. The number of esters is 1. The minimum absolute atomic E-state index is 0.302. The number of aromatic amines is 1. The molecule has 0 saturated heterocycles. The van der Waals surface area contributed by atoms with E-state index in [4.69, 9.17) is 4.74 Å². The Balaban J connectivity index is 2.34. The van der Waals surface area contributed by atoms with Gasteiger partial charge in [-0.25, -0.2) is 4.79 Å². The Kier molecular flexibility index (Phi) is 3.66. The fraction of sp³-hybridized carbons (Fsp3) is 0.143. The van der Waals surface area contributed by atoms with Crippen molar-refractivity contribution in [3.8, 4) is 11.3 Å². The van der Waals surface area contributed by atoms with E-state index >= 15 is 0 Å². The van der Waals surface area contributed by atoms with Crippen LogP contribution in [0.15, 0.2) is 35.3 Å². The minimum atomic E-state index is -0.420. The zero-order chi connectivity index (χ0) is 14.8. The first kappa shape index (κ1) is 13.7. The number of fused-ring (bicyclic) bond motifs is 1. The van der Waals surface area contributed by atoms with Crippen molar-refractivity contribution < 1.29 is 9.53 Å². The van der Waals surface area contributed by atoms with Crippen LogP contribution >= 0.6 is 15.9 Å². The second kappa shape index (κ2) is 5.61. The zero-order valence-electron chi connectivity index (χ0n) is 11.1. The topological polar surface area (TPSA) is 80.8 Å². The van der Waals surface area contributed by atoms with Gasteiger partial charge in [-0.2, -0.15) is 5.10 Å². The lowest BCUT2D eigenvalue weighted by atomic mass is 10.0. The molecule has 0 unspecified atom stereocenters. The van der Waals surface area contributed by atoms with Crippen LogP contribution in [0.5, 0.6) is 0 Å². The van der Waals surface area contributed by atoms with Gasteiger partial charge in [0.15, 0.2) is 0 Å². The fourth-order valence-corrected chi connectivity index (χ4v) is 2.56. The highest BCUT2D eigenvalue weighted by atomic mass is 79.9. The molecule has 0 radical (unpaired) electrons. The quantitative estimate of drug-likeness (QED) is 0.737. The van der Waals surface area contributed by atoms with Gasteiger partial charge in [-0.05, 0) is 28.9 Å². The second-order valence-electron chi connectivity index (χ2n) is 4.26. The lowest BCUT2D eigenvalue weighted by Gasteiger charge is -2.10. The normalized spacial score (nSPS) is 10.8. The van der Waals surface area contributed by atoms with Gasteiger partial charge in [0.2, 0.25) is 0 Å². The molecule has 0 aliphatic heterocycles. The van der Waals surface area contributed by atoms with Gasteiger partial charge < -0.3 is 4.74 Å². The number of ether oxygens (including phenoxy) is 1. The van der Waals surface area contributed by atoms with Crippen molar-refractivity contribution in [2.24, 2.45) is 0 Å². The summed E-state index contributed by atoms with van der Waals surface area (Å²) in [5.41, 5.74) is 2.51. The van der Waals surface area contributed by atoms with Crippen LogP contribution in [-0.4, -0.2) is 32.7 Å². The van der Waals surface area contributed by atoms with E-state index in [9.17, 15) is 4.79 Å². The molecule has 0 spiro atoms. The van der Waals surface area contributed by atoms with Crippen molar-refractivity contribution in [1.82, 2.24) is 20.2 Å². The van der Waals surface area contributed by atoms with Crippen molar-refractivity contribution in [2.45, 2.75) is 6.92 Å². The molecule has 3 heterocycles. The number of aromatic nitrogens is 4. The molecule has 0 amide bonds. The average molecular weight is 347 g/mol.